The molecule has 43 heavy (non-hydrogen) atoms. The second-order valence-corrected chi connectivity index (χ2v) is 10.9. The van der Waals surface area contributed by atoms with Crippen molar-refractivity contribution in [2.45, 2.75) is 4.90 Å². The Bertz CT molecular complexity index is 2210. The molecule has 1 N–H and O–H groups in total. The van der Waals surface area contributed by atoms with Gasteiger partial charge in [0.15, 0.2) is 11.7 Å². The molecule has 4 heteroatoms. The minimum atomic E-state index is 0.158. The number of thiol groups is 1. The number of hydrogen-bond donors (Lipinski definition) is 2. The Balaban J connectivity index is 1.34. The van der Waals surface area contributed by atoms with E-state index < -0.39 is 0 Å². The molecule has 0 unspecified atom stereocenters. The highest BCUT2D eigenvalue weighted by Crippen LogP contribution is 2.31. The number of amidine groups is 2. The number of aliphatic imine (C=N–C) groups is 2. The lowest BCUT2D eigenvalue weighted by Gasteiger charge is -2.11. The van der Waals surface area contributed by atoms with Crippen LogP contribution in [-0.4, -0.2) is 17.9 Å². The number of nitrogens with one attached hydrogen (secondary N) is 1. The highest BCUT2D eigenvalue weighted by atomic mass is 32.1. The summed E-state index contributed by atoms with van der Waals surface area (Å²) in [5, 5.41) is 15.8. The molecule has 204 valence electrons. The summed E-state index contributed by atoms with van der Waals surface area (Å²) >= 11 is 4.65. The summed E-state index contributed by atoms with van der Waals surface area (Å²) in [6.45, 7) is 0. The van der Waals surface area contributed by atoms with E-state index in [9.17, 15) is 0 Å². The second kappa shape index (κ2) is 11.5. The number of hydrogen-bond acceptors (Lipinski definition) is 2. The molecule has 0 aliphatic heterocycles. The zero-order chi connectivity index (χ0) is 29.2. The summed E-state index contributed by atoms with van der Waals surface area (Å²) in [7, 11) is 0. The highest BCUT2D eigenvalue weighted by Gasteiger charge is 2.12. The molecule has 0 aliphatic carbocycles. The van der Waals surface area contributed by atoms with Crippen LogP contribution in [0.1, 0.15) is 16.7 Å². The predicted octanol–water partition coefficient (Wildman–Crippen LogP) is 9.99. The first-order valence-corrected chi connectivity index (χ1v) is 14.6. The van der Waals surface area contributed by atoms with E-state index >= 15 is 0 Å². The van der Waals surface area contributed by atoms with Crippen LogP contribution in [0.5, 0.6) is 0 Å². The third-order valence-electron chi connectivity index (χ3n) is 7.71. The van der Waals surface area contributed by atoms with Gasteiger partial charge in [0.25, 0.3) is 0 Å². The van der Waals surface area contributed by atoms with E-state index in [0.29, 0.717) is 5.84 Å². The molecule has 0 bridgehead atoms. The normalized spacial score (nSPS) is 12.0. The minimum absolute atomic E-state index is 0.158. The fraction of sp³-hybridized carbons (Fsp3) is 0. The summed E-state index contributed by atoms with van der Waals surface area (Å²) in [6, 6.07) is 49.3. The van der Waals surface area contributed by atoms with E-state index in [1.807, 2.05) is 72.9 Å². The molecule has 0 aromatic heterocycles. The lowest BCUT2D eigenvalue weighted by molar-refractivity contribution is 1.41. The molecular weight excluding hydrogens is 543 g/mol. The second-order valence-electron chi connectivity index (χ2n) is 10.4. The van der Waals surface area contributed by atoms with Gasteiger partial charge in [-0.1, -0.05) is 127 Å². The summed E-state index contributed by atoms with van der Waals surface area (Å²) in [5.41, 5.74) is 4.74. The SMILES string of the molecule is N=C(N=C(N=Cc1ccccc1)c1ccc2ccc3ccccc3c2c1)c1cccc2cc(-c3ccccc3S)ccc12. The first-order chi connectivity index (χ1) is 21.1. The maximum Gasteiger partial charge on any atom is 0.161 e. The largest absolute Gasteiger partial charge is 0.282 e. The molecule has 7 aromatic rings. The molecule has 3 nitrogen and oxygen atoms in total. The molecule has 0 atom stereocenters. The van der Waals surface area contributed by atoms with Gasteiger partial charge in [-0.25, -0.2) is 9.98 Å². The third-order valence-corrected chi connectivity index (χ3v) is 8.10. The first-order valence-electron chi connectivity index (χ1n) is 14.1. The molecule has 0 radical (unpaired) electrons. The van der Waals surface area contributed by atoms with Crippen molar-refractivity contribution in [1.29, 1.82) is 5.41 Å². The lowest BCUT2D eigenvalue weighted by Crippen LogP contribution is -2.05. The van der Waals surface area contributed by atoms with Gasteiger partial charge in [-0.2, -0.15) is 0 Å². The van der Waals surface area contributed by atoms with Gasteiger partial charge in [0.05, 0.1) is 0 Å². The van der Waals surface area contributed by atoms with Gasteiger partial charge in [-0.05, 0) is 67.2 Å². The van der Waals surface area contributed by atoms with Gasteiger partial charge in [0.1, 0.15) is 0 Å². The molecule has 0 fully saturated rings. The summed E-state index contributed by atoms with van der Waals surface area (Å²) in [5.74, 6) is 0.646. The number of rotatable bonds is 4. The Morgan fingerprint density at radius 3 is 2.16 bits per heavy atom. The Labute approximate surface area is 255 Å². The monoisotopic (exact) mass is 569 g/mol. The van der Waals surface area contributed by atoms with E-state index in [1.54, 1.807) is 0 Å². The van der Waals surface area contributed by atoms with Crippen molar-refractivity contribution in [3.05, 3.63) is 162 Å². The van der Waals surface area contributed by atoms with Gasteiger partial charge >= 0.3 is 0 Å². The van der Waals surface area contributed by atoms with Crippen LogP contribution in [0, 0.1) is 5.41 Å². The van der Waals surface area contributed by atoms with Crippen LogP contribution < -0.4 is 0 Å². The zero-order valence-corrected chi connectivity index (χ0v) is 24.2. The Kier molecular flexibility index (Phi) is 7.12. The van der Waals surface area contributed by atoms with Crippen LogP contribution >= 0.6 is 12.6 Å². The number of nitrogens with zero attached hydrogens (tertiary/aromatic N) is 2. The first kappa shape index (κ1) is 26.6. The highest BCUT2D eigenvalue weighted by molar-refractivity contribution is 7.80. The summed E-state index contributed by atoms with van der Waals surface area (Å²) < 4.78 is 0. The standard InChI is InChI=1S/C39H27N3S/c40-38(35-15-8-12-29-23-30(21-22-33(29)35)34-14-6-7-16-37(34)43)42-39(41-25-26-9-2-1-3-10-26)31-20-19-28-18-17-27-11-4-5-13-32(27)36(28)24-31/h1-25,40,43H. The van der Waals surface area contributed by atoms with E-state index in [0.717, 1.165) is 54.3 Å². The molecule has 7 aromatic carbocycles. The fourth-order valence-electron chi connectivity index (χ4n) is 5.53. The predicted molar refractivity (Wildman–Crippen MR) is 185 cm³/mol. The topological polar surface area (TPSA) is 48.6 Å². The van der Waals surface area contributed by atoms with Crippen molar-refractivity contribution in [3.63, 3.8) is 0 Å². The van der Waals surface area contributed by atoms with Crippen LogP contribution in [0.2, 0.25) is 0 Å². The average Bonchev–Trinajstić information content (AvgIpc) is 3.06. The third kappa shape index (κ3) is 5.36. The van der Waals surface area contributed by atoms with Gasteiger partial charge in [-0.3, -0.25) is 5.41 Å². The zero-order valence-electron chi connectivity index (χ0n) is 23.3. The van der Waals surface area contributed by atoms with Gasteiger partial charge in [-0.15, -0.1) is 12.6 Å². The van der Waals surface area contributed by atoms with Crippen LogP contribution in [-0.2, 0) is 0 Å². The maximum absolute atomic E-state index is 9.15. The van der Waals surface area contributed by atoms with Gasteiger partial charge in [0, 0.05) is 22.2 Å². The van der Waals surface area contributed by atoms with Crippen molar-refractivity contribution in [1.82, 2.24) is 0 Å². The van der Waals surface area contributed by atoms with Gasteiger partial charge < -0.3 is 0 Å². The van der Waals surface area contributed by atoms with Crippen LogP contribution in [0.3, 0.4) is 0 Å². The minimum Gasteiger partial charge on any atom is -0.282 e. The fourth-order valence-corrected chi connectivity index (χ4v) is 5.82. The van der Waals surface area contributed by atoms with E-state index in [-0.39, 0.29) is 5.84 Å². The molecule has 7 rings (SSSR count). The average molecular weight is 570 g/mol. The summed E-state index contributed by atoms with van der Waals surface area (Å²) in [6.07, 6.45) is 1.81. The lowest BCUT2D eigenvalue weighted by atomic mass is 9.98. The van der Waals surface area contributed by atoms with Crippen molar-refractivity contribution >= 4 is 62.8 Å². The molecular formula is C39H27N3S. The maximum atomic E-state index is 9.15. The van der Waals surface area contributed by atoms with Crippen molar-refractivity contribution < 1.29 is 0 Å². The molecule has 0 heterocycles. The smallest absolute Gasteiger partial charge is 0.161 e. The Morgan fingerprint density at radius 2 is 1.30 bits per heavy atom. The molecule has 0 spiro atoms. The van der Waals surface area contributed by atoms with Gasteiger partial charge in [0.2, 0.25) is 0 Å². The van der Waals surface area contributed by atoms with E-state index in [4.69, 9.17) is 15.4 Å². The number of benzene rings is 7. The molecule has 0 amide bonds. The van der Waals surface area contributed by atoms with Crippen molar-refractivity contribution in [2.24, 2.45) is 9.98 Å². The van der Waals surface area contributed by atoms with Crippen molar-refractivity contribution in [3.8, 4) is 11.1 Å². The van der Waals surface area contributed by atoms with Crippen LogP contribution in [0.4, 0.5) is 0 Å². The summed E-state index contributed by atoms with van der Waals surface area (Å²) in [4.78, 5) is 10.6. The van der Waals surface area contributed by atoms with Crippen LogP contribution in [0.25, 0.3) is 43.4 Å². The Hall–Kier alpha value is -5.32. The van der Waals surface area contributed by atoms with Crippen LogP contribution in [0.15, 0.2) is 160 Å². The number of fused-ring (bicyclic) bond motifs is 4. The molecule has 0 saturated heterocycles. The molecule has 0 aliphatic rings. The van der Waals surface area contributed by atoms with E-state index in [2.05, 4.69) is 91.5 Å². The molecule has 0 saturated carbocycles. The quantitative estimate of drug-likeness (QED) is 0.0917. The van der Waals surface area contributed by atoms with Crippen molar-refractivity contribution in [2.75, 3.05) is 0 Å². The Morgan fingerprint density at radius 1 is 0.581 bits per heavy atom. The van der Waals surface area contributed by atoms with E-state index in [1.165, 1.54) is 10.8 Å².